The van der Waals surface area contributed by atoms with E-state index >= 15 is 0 Å². The van der Waals surface area contributed by atoms with Gasteiger partial charge in [-0.3, -0.25) is 9.79 Å². The first-order chi connectivity index (χ1) is 10.6. The van der Waals surface area contributed by atoms with Gasteiger partial charge in [-0.05, 0) is 42.9 Å². The van der Waals surface area contributed by atoms with Crippen LogP contribution in [0.3, 0.4) is 0 Å². The minimum Gasteiger partial charge on any atom is -0.370 e. The Morgan fingerprint density at radius 1 is 1.32 bits per heavy atom. The highest BCUT2D eigenvalue weighted by atomic mass is 16.1. The third-order valence-corrected chi connectivity index (χ3v) is 3.88. The van der Waals surface area contributed by atoms with E-state index in [4.69, 9.17) is 5.73 Å². The number of carbonyl (C=O) groups is 1. The molecule has 0 bridgehead atoms. The van der Waals surface area contributed by atoms with Crippen LogP contribution in [0.25, 0.3) is 0 Å². The molecule has 0 fully saturated rings. The summed E-state index contributed by atoms with van der Waals surface area (Å²) in [5.74, 6) is 0.437. The second kappa shape index (κ2) is 7.82. The van der Waals surface area contributed by atoms with Crippen LogP contribution < -0.4 is 16.4 Å². The van der Waals surface area contributed by atoms with Crippen LogP contribution in [0.2, 0.25) is 0 Å². The summed E-state index contributed by atoms with van der Waals surface area (Å²) >= 11 is 0. The van der Waals surface area contributed by atoms with Crippen LogP contribution in [0.5, 0.6) is 0 Å². The SMILES string of the molecule is CC(C)C(=O)NCCN=C(N)Nc1cccc2c1CCCC2. The van der Waals surface area contributed by atoms with Crippen LogP contribution in [0.4, 0.5) is 5.69 Å². The van der Waals surface area contributed by atoms with Crippen molar-refractivity contribution in [2.45, 2.75) is 39.5 Å². The molecule has 0 aliphatic heterocycles. The number of aliphatic imine (C=N–C) groups is 1. The maximum Gasteiger partial charge on any atom is 0.222 e. The Kier molecular flexibility index (Phi) is 5.81. The normalized spacial score (nSPS) is 14.6. The van der Waals surface area contributed by atoms with E-state index in [0.29, 0.717) is 19.0 Å². The summed E-state index contributed by atoms with van der Waals surface area (Å²) in [6.45, 7) is 4.72. The van der Waals surface area contributed by atoms with Gasteiger partial charge in [0.15, 0.2) is 5.96 Å². The van der Waals surface area contributed by atoms with E-state index in [0.717, 1.165) is 18.5 Å². The molecule has 4 N–H and O–H groups in total. The first kappa shape index (κ1) is 16.3. The highest BCUT2D eigenvalue weighted by Gasteiger charge is 2.13. The third-order valence-electron chi connectivity index (χ3n) is 3.88. The first-order valence-electron chi connectivity index (χ1n) is 8.03. The van der Waals surface area contributed by atoms with Gasteiger partial charge in [-0.15, -0.1) is 0 Å². The number of benzene rings is 1. The average molecular weight is 302 g/mol. The number of carbonyl (C=O) groups excluding carboxylic acids is 1. The summed E-state index contributed by atoms with van der Waals surface area (Å²) in [5, 5.41) is 6.02. The summed E-state index contributed by atoms with van der Waals surface area (Å²) in [6, 6.07) is 6.30. The van der Waals surface area contributed by atoms with Crippen LogP contribution in [-0.2, 0) is 17.6 Å². The zero-order valence-electron chi connectivity index (χ0n) is 13.5. The minimum absolute atomic E-state index is 0.00436. The van der Waals surface area contributed by atoms with Crippen molar-refractivity contribution >= 4 is 17.6 Å². The van der Waals surface area contributed by atoms with Crippen LogP contribution in [-0.4, -0.2) is 25.0 Å². The molecule has 0 radical (unpaired) electrons. The van der Waals surface area contributed by atoms with E-state index in [-0.39, 0.29) is 11.8 Å². The molecular weight excluding hydrogens is 276 g/mol. The van der Waals surface area contributed by atoms with Crippen molar-refractivity contribution < 1.29 is 4.79 Å². The number of amides is 1. The monoisotopic (exact) mass is 302 g/mol. The number of nitrogens with zero attached hydrogens (tertiary/aromatic N) is 1. The van der Waals surface area contributed by atoms with Crippen LogP contribution in [0.1, 0.15) is 37.8 Å². The fourth-order valence-electron chi connectivity index (χ4n) is 2.64. The summed E-state index contributed by atoms with van der Waals surface area (Å²) in [5.41, 5.74) is 9.77. The van der Waals surface area contributed by atoms with Crippen LogP contribution >= 0.6 is 0 Å². The van der Waals surface area contributed by atoms with E-state index in [9.17, 15) is 4.79 Å². The second-order valence-electron chi connectivity index (χ2n) is 5.99. The van der Waals surface area contributed by atoms with Gasteiger partial charge in [0.2, 0.25) is 5.91 Å². The van der Waals surface area contributed by atoms with Gasteiger partial charge in [-0.2, -0.15) is 0 Å². The highest BCUT2D eigenvalue weighted by molar-refractivity contribution is 5.93. The van der Waals surface area contributed by atoms with Crippen molar-refractivity contribution in [3.8, 4) is 0 Å². The molecule has 1 aromatic carbocycles. The largest absolute Gasteiger partial charge is 0.370 e. The second-order valence-corrected chi connectivity index (χ2v) is 5.99. The molecule has 1 aliphatic carbocycles. The summed E-state index contributed by atoms with van der Waals surface area (Å²) in [4.78, 5) is 15.7. The van der Waals surface area contributed by atoms with Gasteiger partial charge in [0, 0.05) is 18.2 Å². The molecule has 0 spiro atoms. The van der Waals surface area contributed by atoms with E-state index < -0.39 is 0 Å². The van der Waals surface area contributed by atoms with Gasteiger partial charge in [0.05, 0.1) is 6.54 Å². The maximum absolute atomic E-state index is 11.4. The van der Waals surface area contributed by atoms with Crippen LogP contribution in [0, 0.1) is 5.92 Å². The molecule has 2 rings (SSSR count). The number of anilines is 1. The Morgan fingerprint density at radius 3 is 2.86 bits per heavy atom. The van der Waals surface area contributed by atoms with Crippen molar-refractivity contribution in [3.63, 3.8) is 0 Å². The molecule has 0 atom stereocenters. The average Bonchev–Trinajstić information content (AvgIpc) is 2.51. The van der Waals surface area contributed by atoms with Crippen molar-refractivity contribution in [2.75, 3.05) is 18.4 Å². The number of nitrogens with one attached hydrogen (secondary N) is 2. The Balaban J connectivity index is 1.88. The van der Waals surface area contributed by atoms with E-state index in [2.05, 4.69) is 27.8 Å². The lowest BCUT2D eigenvalue weighted by molar-refractivity contribution is -0.123. The molecule has 1 amide bonds. The number of hydrogen-bond acceptors (Lipinski definition) is 2. The van der Waals surface area contributed by atoms with Crippen molar-refractivity contribution in [1.82, 2.24) is 5.32 Å². The summed E-state index contributed by atoms with van der Waals surface area (Å²) in [7, 11) is 0. The number of nitrogens with two attached hydrogens (primary N) is 1. The molecule has 0 unspecified atom stereocenters. The summed E-state index contributed by atoms with van der Waals surface area (Å²) in [6.07, 6.45) is 4.72. The maximum atomic E-state index is 11.4. The minimum atomic E-state index is -0.00436. The van der Waals surface area contributed by atoms with Crippen molar-refractivity contribution in [1.29, 1.82) is 0 Å². The fraction of sp³-hybridized carbons (Fsp3) is 0.529. The Bertz CT molecular complexity index is 552. The van der Waals surface area contributed by atoms with Gasteiger partial charge in [0.1, 0.15) is 0 Å². The lowest BCUT2D eigenvalue weighted by Gasteiger charge is -2.19. The van der Waals surface area contributed by atoms with E-state index in [1.165, 1.54) is 24.0 Å². The molecule has 0 saturated heterocycles. The van der Waals surface area contributed by atoms with Gasteiger partial charge in [-0.1, -0.05) is 26.0 Å². The Labute approximate surface area is 132 Å². The van der Waals surface area contributed by atoms with Crippen molar-refractivity contribution in [3.05, 3.63) is 29.3 Å². The highest BCUT2D eigenvalue weighted by Crippen LogP contribution is 2.27. The standard InChI is InChI=1S/C17H26N4O/c1-12(2)16(22)19-10-11-20-17(18)21-15-9-5-7-13-6-3-4-8-14(13)15/h5,7,9,12H,3-4,6,8,10-11H2,1-2H3,(H,19,22)(H3,18,20,21). The lowest BCUT2D eigenvalue weighted by Crippen LogP contribution is -2.31. The topological polar surface area (TPSA) is 79.5 Å². The molecule has 0 saturated carbocycles. The predicted molar refractivity (Wildman–Crippen MR) is 91.0 cm³/mol. The summed E-state index contributed by atoms with van der Waals surface area (Å²) < 4.78 is 0. The van der Waals surface area contributed by atoms with Gasteiger partial charge in [0.25, 0.3) is 0 Å². The molecule has 1 aromatic rings. The number of hydrogen-bond donors (Lipinski definition) is 3. The Hall–Kier alpha value is -2.04. The molecular formula is C17H26N4O. The quantitative estimate of drug-likeness (QED) is 0.442. The number of fused-ring (bicyclic) bond motifs is 1. The Morgan fingerprint density at radius 2 is 2.09 bits per heavy atom. The van der Waals surface area contributed by atoms with Gasteiger partial charge < -0.3 is 16.4 Å². The number of rotatable bonds is 5. The molecule has 22 heavy (non-hydrogen) atoms. The smallest absolute Gasteiger partial charge is 0.222 e. The molecule has 120 valence electrons. The molecule has 0 aromatic heterocycles. The fourth-order valence-corrected chi connectivity index (χ4v) is 2.64. The van der Waals surface area contributed by atoms with E-state index in [1.54, 1.807) is 0 Å². The molecule has 5 heteroatoms. The number of aryl methyl sites for hydroxylation is 1. The van der Waals surface area contributed by atoms with Crippen molar-refractivity contribution in [2.24, 2.45) is 16.6 Å². The van der Waals surface area contributed by atoms with Crippen LogP contribution in [0.15, 0.2) is 23.2 Å². The molecule has 0 heterocycles. The van der Waals surface area contributed by atoms with Gasteiger partial charge >= 0.3 is 0 Å². The van der Waals surface area contributed by atoms with E-state index in [1.807, 2.05) is 19.9 Å². The lowest BCUT2D eigenvalue weighted by atomic mass is 9.90. The van der Waals surface area contributed by atoms with Gasteiger partial charge in [-0.25, -0.2) is 0 Å². The number of guanidine groups is 1. The predicted octanol–water partition coefficient (Wildman–Crippen LogP) is 2.06. The molecule has 1 aliphatic rings. The zero-order valence-corrected chi connectivity index (χ0v) is 13.5. The molecule has 5 nitrogen and oxygen atoms in total. The zero-order chi connectivity index (χ0) is 15.9. The first-order valence-corrected chi connectivity index (χ1v) is 8.03. The third kappa shape index (κ3) is 4.48.